The third-order valence-electron chi connectivity index (χ3n) is 4.50. The van der Waals surface area contributed by atoms with Gasteiger partial charge in [-0.3, -0.25) is 0 Å². The highest BCUT2D eigenvalue weighted by Crippen LogP contribution is 2.41. The summed E-state index contributed by atoms with van der Waals surface area (Å²) in [6.07, 6.45) is 3.51. The van der Waals surface area contributed by atoms with Crippen LogP contribution in [0.15, 0.2) is 23.1 Å². The molecule has 1 saturated heterocycles. The minimum Gasteiger partial charge on any atom is -0.495 e. The number of fused-ring (bicyclic) bond motifs is 1. The molecule has 1 aromatic carbocycles. The lowest BCUT2D eigenvalue weighted by atomic mass is 10.0. The van der Waals surface area contributed by atoms with Crippen LogP contribution >= 0.6 is 0 Å². The Bertz CT molecular complexity index is 603. The van der Waals surface area contributed by atoms with Crippen LogP contribution in [0.2, 0.25) is 0 Å². The molecule has 5 nitrogen and oxygen atoms in total. The highest BCUT2D eigenvalue weighted by Gasteiger charge is 2.42. The molecule has 1 saturated carbocycles. The van der Waals surface area contributed by atoms with Crippen LogP contribution in [0, 0.1) is 11.8 Å². The summed E-state index contributed by atoms with van der Waals surface area (Å²) in [6.45, 7) is 1.26. The molecule has 20 heavy (non-hydrogen) atoms. The highest BCUT2D eigenvalue weighted by atomic mass is 32.2. The molecule has 110 valence electrons. The van der Waals surface area contributed by atoms with Crippen molar-refractivity contribution in [2.75, 3.05) is 25.9 Å². The Balaban J connectivity index is 1.94. The first-order valence-electron chi connectivity index (χ1n) is 6.96. The maximum Gasteiger partial charge on any atom is 0.246 e. The van der Waals surface area contributed by atoms with Crippen LogP contribution in [-0.2, 0) is 10.0 Å². The molecule has 0 spiro atoms. The van der Waals surface area contributed by atoms with Gasteiger partial charge in [0.2, 0.25) is 10.0 Å². The fourth-order valence-corrected chi connectivity index (χ4v) is 5.17. The quantitative estimate of drug-likeness (QED) is 0.862. The first-order chi connectivity index (χ1) is 9.52. The number of anilines is 1. The van der Waals surface area contributed by atoms with Gasteiger partial charge in [0.1, 0.15) is 10.6 Å². The van der Waals surface area contributed by atoms with Gasteiger partial charge in [0.25, 0.3) is 0 Å². The van der Waals surface area contributed by atoms with Crippen molar-refractivity contribution in [3.8, 4) is 5.75 Å². The number of hydrogen-bond donors (Lipinski definition) is 1. The van der Waals surface area contributed by atoms with E-state index in [4.69, 9.17) is 10.5 Å². The second-order valence-electron chi connectivity index (χ2n) is 5.68. The molecule has 2 N–H and O–H groups in total. The van der Waals surface area contributed by atoms with Gasteiger partial charge in [-0.05, 0) is 42.9 Å². The number of hydrogen-bond acceptors (Lipinski definition) is 4. The fourth-order valence-electron chi connectivity index (χ4n) is 3.42. The van der Waals surface area contributed by atoms with E-state index in [1.54, 1.807) is 16.4 Å². The maximum atomic E-state index is 12.8. The predicted molar refractivity (Wildman–Crippen MR) is 77.0 cm³/mol. The Morgan fingerprint density at radius 2 is 1.90 bits per heavy atom. The normalized spacial score (nSPS) is 26.6. The number of benzene rings is 1. The molecular formula is C14H20N2O3S. The molecule has 2 unspecified atom stereocenters. The van der Waals surface area contributed by atoms with Crippen molar-refractivity contribution in [3.63, 3.8) is 0 Å². The maximum absolute atomic E-state index is 12.8. The summed E-state index contributed by atoms with van der Waals surface area (Å²) in [5.74, 6) is 1.41. The number of nitrogen functional groups attached to an aromatic ring is 1. The summed E-state index contributed by atoms with van der Waals surface area (Å²) in [6, 6.07) is 4.75. The predicted octanol–water partition coefficient (Wildman–Crippen LogP) is 1.70. The molecule has 1 aliphatic carbocycles. The molecule has 2 fully saturated rings. The second kappa shape index (κ2) is 4.93. The van der Waals surface area contributed by atoms with Crippen molar-refractivity contribution in [2.45, 2.75) is 24.2 Å². The molecule has 3 rings (SSSR count). The number of methoxy groups -OCH3 is 1. The van der Waals surface area contributed by atoms with Crippen molar-refractivity contribution >= 4 is 15.7 Å². The third-order valence-corrected chi connectivity index (χ3v) is 6.35. The van der Waals surface area contributed by atoms with Gasteiger partial charge in [-0.15, -0.1) is 0 Å². The summed E-state index contributed by atoms with van der Waals surface area (Å²) in [5.41, 5.74) is 6.17. The van der Waals surface area contributed by atoms with Crippen molar-refractivity contribution in [2.24, 2.45) is 11.8 Å². The van der Waals surface area contributed by atoms with Crippen LogP contribution in [0.1, 0.15) is 19.3 Å². The minimum atomic E-state index is -3.52. The summed E-state index contributed by atoms with van der Waals surface area (Å²) in [4.78, 5) is 0.181. The molecule has 1 heterocycles. The van der Waals surface area contributed by atoms with Crippen LogP contribution in [0.25, 0.3) is 0 Å². The van der Waals surface area contributed by atoms with Crippen LogP contribution in [0.4, 0.5) is 5.69 Å². The van der Waals surface area contributed by atoms with E-state index < -0.39 is 10.0 Å². The smallest absolute Gasteiger partial charge is 0.246 e. The first kappa shape index (κ1) is 13.7. The standard InChI is InChI=1S/C14H20N2O3S/c1-19-13-6-5-12(15)7-14(13)20(17,18)16-8-10-3-2-4-11(10)9-16/h5-7,10-11H,2-4,8-9,15H2,1H3. The van der Waals surface area contributed by atoms with E-state index in [-0.39, 0.29) is 4.90 Å². The van der Waals surface area contributed by atoms with E-state index in [9.17, 15) is 8.42 Å². The molecule has 2 atom stereocenters. The second-order valence-corrected chi connectivity index (χ2v) is 7.59. The van der Waals surface area contributed by atoms with Gasteiger partial charge in [-0.1, -0.05) is 6.42 Å². The number of nitrogens with zero attached hydrogens (tertiary/aromatic N) is 1. The molecule has 0 aromatic heterocycles. The molecular weight excluding hydrogens is 276 g/mol. The van der Waals surface area contributed by atoms with E-state index in [1.807, 2.05) is 0 Å². The number of rotatable bonds is 3. The van der Waals surface area contributed by atoms with Gasteiger partial charge in [0.15, 0.2) is 0 Å². The Morgan fingerprint density at radius 1 is 1.25 bits per heavy atom. The molecule has 1 aromatic rings. The van der Waals surface area contributed by atoms with E-state index in [0.29, 0.717) is 36.4 Å². The van der Waals surface area contributed by atoms with E-state index in [0.717, 1.165) is 12.8 Å². The van der Waals surface area contributed by atoms with Gasteiger partial charge in [-0.25, -0.2) is 8.42 Å². The van der Waals surface area contributed by atoms with Gasteiger partial charge >= 0.3 is 0 Å². The molecule has 1 aliphatic heterocycles. The fraction of sp³-hybridized carbons (Fsp3) is 0.571. The average Bonchev–Trinajstić information content (AvgIpc) is 2.99. The van der Waals surface area contributed by atoms with Crippen LogP contribution in [0.3, 0.4) is 0 Å². The third kappa shape index (κ3) is 2.16. The van der Waals surface area contributed by atoms with Gasteiger partial charge in [-0.2, -0.15) is 4.31 Å². The number of sulfonamides is 1. The zero-order valence-corrected chi connectivity index (χ0v) is 12.4. The van der Waals surface area contributed by atoms with Crippen molar-refractivity contribution in [1.82, 2.24) is 4.31 Å². The molecule has 0 radical (unpaired) electrons. The SMILES string of the molecule is COc1ccc(N)cc1S(=O)(=O)N1CC2CCCC2C1. The van der Waals surface area contributed by atoms with Gasteiger partial charge in [0.05, 0.1) is 7.11 Å². The Morgan fingerprint density at radius 3 is 2.50 bits per heavy atom. The monoisotopic (exact) mass is 296 g/mol. The van der Waals surface area contributed by atoms with Crippen molar-refractivity contribution in [3.05, 3.63) is 18.2 Å². The topological polar surface area (TPSA) is 72.6 Å². The minimum absolute atomic E-state index is 0.181. The lowest BCUT2D eigenvalue weighted by Gasteiger charge is -2.19. The average molecular weight is 296 g/mol. The van der Waals surface area contributed by atoms with E-state index in [2.05, 4.69) is 0 Å². The lowest BCUT2D eigenvalue weighted by molar-refractivity contribution is 0.396. The number of ether oxygens (including phenoxy) is 1. The Kier molecular flexibility index (Phi) is 3.38. The lowest BCUT2D eigenvalue weighted by Crippen LogP contribution is -2.30. The van der Waals surface area contributed by atoms with E-state index >= 15 is 0 Å². The van der Waals surface area contributed by atoms with Gasteiger partial charge in [0, 0.05) is 18.8 Å². The number of nitrogens with two attached hydrogens (primary N) is 1. The van der Waals surface area contributed by atoms with Crippen LogP contribution in [0.5, 0.6) is 5.75 Å². The molecule has 6 heteroatoms. The van der Waals surface area contributed by atoms with Crippen LogP contribution < -0.4 is 10.5 Å². The van der Waals surface area contributed by atoms with Crippen molar-refractivity contribution in [1.29, 1.82) is 0 Å². The largest absolute Gasteiger partial charge is 0.495 e. The first-order valence-corrected chi connectivity index (χ1v) is 8.40. The summed E-state index contributed by atoms with van der Waals surface area (Å²) < 4.78 is 32.4. The zero-order valence-electron chi connectivity index (χ0n) is 11.6. The Labute approximate surface area is 119 Å². The van der Waals surface area contributed by atoms with Gasteiger partial charge < -0.3 is 10.5 Å². The summed E-state index contributed by atoms with van der Waals surface area (Å²) in [5, 5.41) is 0. The van der Waals surface area contributed by atoms with Crippen molar-refractivity contribution < 1.29 is 13.2 Å². The molecule has 0 bridgehead atoms. The molecule has 0 amide bonds. The summed E-state index contributed by atoms with van der Waals surface area (Å²) in [7, 11) is -2.04. The summed E-state index contributed by atoms with van der Waals surface area (Å²) >= 11 is 0. The highest BCUT2D eigenvalue weighted by molar-refractivity contribution is 7.89. The molecule has 2 aliphatic rings. The van der Waals surface area contributed by atoms with E-state index in [1.165, 1.54) is 19.6 Å². The zero-order chi connectivity index (χ0) is 14.3. The Hall–Kier alpha value is -1.27. The van der Waals surface area contributed by atoms with Crippen LogP contribution in [-0.4, -0.2) is 32.9 Å².